The third kappa shape index (κ3) is 4.45. The van der Waals surface area contributed by atoms with E-state index in [2.05, 4.69) is 19.9 Å². The predicted octanol–water partition coefficient (Wildman–Crippen LogP) is 2.77. The largest absolute Gasteiger partial charge is 0.389 e. The molecule has 0 spiro atoms. The number of halogens is 1. The van der Waals surface area contributed by atoms with Gasteiger partial charge in [0.25, 0.3) is 0 Å². The maximum absolute atomic E-state index is 5.49. The van der Waals surface area contributed by atoms with Gasteiger partial charge in [-0.1, -0.05) is 31.5 Å². The Labute approximate surface area is 67.6 Å². The summed E-state index contributed by atoms with van der Waals surface area (Å²) in [6.07, 6.45) is 5.94. The molecule has 0 fully saturated rings. The summed E-state index contributed by atoms with van der Waals surface area (Å²) >= 11 is 5.49. The Morgan fingerprint density at radius 1 is 1.50 bits per heavy atom. The monoisotopic (exact) mass is 159 g/mol. The van der Waals surface area contributed by atoms with Gasteiger partial charge in [0, 0.05) is 0 Å². The minimum Gasteiger partial charge on any atom is -0.389 e. The van der Waals surface area contributed by atoms with Crippen molar-refractivity contribution in [3.63, 3.8) is 0 Å². The maximum Gasteiger partial charge on any atom is 0.0994 e. The molecule has 0 atom stereocenters. The van der Waals surface area contributed by atoms with Gasteiger partial charge in [0.1, 0.15) is 0 Å². The molecule has 0 saturated carbocycles. The van der Waals surface area contributed by atoms with E-state index in [1.807, 2.05) is 0 Å². The number of allylic oxidation sites excluding steroid dienone is 3. The SMILES string of the molecule is CC/C=C(/C=C(\N)Cl)CC. The molecule has 1 nitrogen and oxygen atoms in total. The van der Waals surface area contributed by atoms with Crippen molar-refractivity contribution in [3.8, 4) is 0 Å². The minimum atomic E-state index is 0.363. The zero-order chi connectivity index (χ0) is 7.98. The first kappa shape index (κ1) is 9.57. The quantitative estimate of drug-likeness (QED) is 0.498. The highest BCUT2D eigenvalue weighted by Gasteiger charge is 1.87. The van der Waals surface area contributed by atoms with Crippen LogP contribution in [0.2, 0.25) is 0 Å². The van der Waals surface area contributed by atoms with E-state index in [0.717, 1.165) is 12.8 Å². The summed E-state index contributed by atoms with van der Waals surface area (Å²) in [5.74, 6) is 0. The normalized spacial score (nSPS) is 13.9. The first-order chi connectivity index (χ1) is 4.70. The molecule has 0 aliphatic heterocycles. The molecule has 0 amide bonds. The molecule has 58 valence electrons. The number of hydrogen-bond donors (Lipinski definition) is 1. The lowest BCUT2D eigenvalue weighted by Gasteiger charge is -1.95. The molecule has 2 N–H and O–H groups in total. The van der Waals surface area contributed by atoms with E-state index in [-0.39, 0.29) is 0 Å². The molecule has 0 aliphatic carbocycles. The summed E-state index contributed by atoms with van der Waals surface area (Å²) in [6.45, 7) is 4.17. The standard InChI is InChI=1S/C8H14ClN/c1-3-5-7(4-2)6-8(9)10/h5-6H,3-4,10H2,1-2H3/b7-5+,8-6-. The lowest BCUT2D eigenvalue weighted by molar-refractivity contribution is 1.09. The van der Waals surface area contributed by atoms with Gasteiger partial charge in [-0.3, -0.25) is 0 Å². The van der Waals surface area contributed by atoms with Gasteiger partial charge >= 0.3 is 0 Å². The van der Waals surface area contributed by atoms with Crippen LogP contribution >= 0.6 is 11.6 Å². The molecule has 0 aromatic heterocycles. The van der Waals surface area contributed by atoms with Gasteiger partial charge in [0.2, 0.25) is 0 Å². The molecule has 0 aromatic carbocycles. The van der Waals surface area contributed by atoms with Crippen molar-refractivity contribution in [1.82, 2.24) is 0 Å². The third-order valence-corrected chi connectivity index (χ3v) is 1.31. The molecule has 0 bridgehead atoms. The van der Waals surface area contributed by atoms with Crippen LogP contribution in [0, 0.1) is 0 Å². The molecule has 0 aromatic rings. The summed E-state index contributed by atoms with van der Waals surface area (Å²) in [7, 11) is 0. The van der Waals surface area contributed by atoms with E-state index in [4.69, 9.17) is 17.3 Å². The van der Waals surface area contributed by atoms with Crippen molar-refractivity contribution in [2.45, 2.75) is 26.7 Å². The summed E-state index contributed by atoms with van der Waals surface area (Å²) in [4.78, 5) is 0. The zero-order valence-electron chi connectivity index (χ0n) is 6.52. The van der Waals surface area contributed by atoms with Gasteiger partial charge in [-0.25, -0.2) is 0 Å². The summed E-state index contributed by atoms with van der Waals surface area (Å²) < 4.78 is 0. The molecule has 0 aliphatic rings. The van der Waals surface area contributed by atoms with Crippen LogP contribution in [0.25, 0.3) is 0 Å². The van der Waals surface area contributed by atoms with Crippen molar-refractivity contribution in [3.05, 3.63) is 22.9 Å². The number of rotatable bonds is 3. The summed E-state index contributed by atoms with van der Waals surface area (Å²) in [5, 5.41) is 0.363. The van der Waals surface area contributed by atoms with Crippen molar-refractivity contribution in [1.29, 1.82) is 0 Å². The van der Waals surface area contributed by atoms with Crippen LogP contribution < -0.4 is 5.73 Å². The van der Waals surface area contributed by atoms with Crippen LogP contribution in [-0.4, -0.2) is 0 Å². The second-order valence-electron chi connectivity index (χ2n) is 2.07. The van der Waals surface area contributed by atoms with Crippen LogP contribution in [0.3, 0.4) is 0 Å². The van der Waals surface area contributed by atoms with Gasteiger partial charge in [-0.15, -0.1) is 0 Å². The van der Waals surface area contributed by atoms with E-state index < -0.39 is 0 Å². The highest BCUT2D eigenvalue weighted by molar-refractivity contribution is 6.29. The first-order valence-corrected chi connectivity index (χ1v) is 3.90. The van der Waals surface area contributed by atoms with E-state index in [0.29, 0.717) is 5.16 Å². The van der Waals surface area contributed by atoms with Crippen molar-refractivity contribution in [2.24, 2.45) is 5.73 Å². The van der Waals surface area contributed by atoms with Crippen LogP contribution in [0.1, 0.15) is 26.7 Å². The second-order valence-corrected chi connectivity index (χ2v) is 2.51. The van der Waals surface area contributed by atoms with Crippen LogP contribution in [0.4, 0.5) is 0 Å². The Morgan fingerprint density at radius 3 is 2.40 bits per heavy atom. The lowest BCUT2D eigenvalue weighted by Crippen LogP contribution is -1.88. The molecule has 0 unspecified atom stereocenters. The molecular weight excluding hydrogens is 146 g/mol. The Morgan fingerprint density at radius 2 is 2.10 bits per heavy atom. The van der Waals surface area contributed by atoms with Crippen LogP contribution in [0.5, 0.6) is 0 Å². The molecular formula is C8H14ClN. The van der Waals surface area contributed by atoms with E-state index in [1.54, 1.807) is 6.08 Å². The Hall–Kier alpha value is -0.430. The first-order valence-electron chi connectivity index (χ1n) is 3.52. The van der Waals surface area contributed by atoms with Crippen LogP contribution in [0.15, 0.2) is 22.9 Å². The lowest BCUT2D eigenvalue weighted by atomic mass is 10.2. The van der Waals surface area contributed by atoms with Crippen molar-refractivity contribution >= 4 is 11.6 Å². The fourth-order valence-corrected chi connectivity index (χ4v) is 0.885. The summed E-state index contributed by atoms with van der Waals surface area (Å²) in [6, 6.07) is 0. The van der Waals surface area contributed by atoms with E-state index >= 15 is 0 Å². The molecule has 0 rings (SSSR count). The topological polar surface area (TPSA) is 26.0 Å². The average Bonchev–Trinajstić information content (AvgIpc) is 1.86. The van der Waals surface area contributed by atoms with Gasteiger partial charge in [0.05, 0.1) is 5.16 Å². The summed E-state index contributed by atoms with van der Waals surface area (Å²) in [5.41, 5.74) is 6.49. The van der Waals surface area contributed by atoms with Gasteiger partial charge in [-0.2, -0.15) is 0 Å². The molecule has 0 radical (unpaired) electrons. The molecule has 0 saturated heterocycles. The predicted molar refractivity (Wildman–Crippen MR) is 46.8 cm³/mol. The minimum absolute atomic E-state index is 0.363. The molecule has 0 heterocycles. The molecule has 10 heavy (non-hydrogen) atoms. The smallest absolute Gasteiger partial charge is 0.0994 e. The van der Waals surface area contributed by atoms with Crippen LogP contribution in [-0.2, 0) is 0 Å². The van der Waals surface area contributed by atoms with Gasteiger partial charge < -0.3 is 5.73 Å². The Bertz CT molecular complexity index is 143. The average molecular weight is 160 g/mol. The van der Waals surface area contributed by atoms with E-state index in [9.17, 15) is 0 Å². The zero-order valence-corrected chi connectivity index (χ0v) is 7.28. The highest BCUT2D eigenvalue weighted by Crippen LogP contribution is 2.06. The Kier molecular flexibility index (Phi) is 5.13. The van der Waals surface area contributed by atoms with Crippen molar-refractivity contribution < 1.29 is 0 Å². The number of hydrogen-bond acceptors (Lipinski definition) is 1. The Balaban J connectivity index is 4.09. The fourth-order valence-electron chi connectivity index (χ4n) is 0.745. The fraction of sp³-hybridized carbons (Fsp3) is 0.500. The van der Waals surface area contributed by atoms with Gasteiger partial charge in [0.15, 0.2) is 0 Å². The number of nitrogens with two attached hydrogens (primary N) is 1. The molecule has 2 heteroatoms. The van der Waals surface area contributed by atoms with Crippen molar-refractivity contribution in [2.75, 3.05) is 0 Å². The third-order valence-electron chi connectivity index (χ3n) is 1.20. The highest BCUT2D eigenvalue weighted by atomic mass is 35.5. The maximum atomic E-state index is 5.49. The van der Waals surface area contributed by atoms with Gasteiger partial charge in [-0.05, 0) is 24.5 Å². The second kappa shape index (κ2) is 5.36. The van der Waals surface area contributed by atoms with E-state index in [1.165, 1.54) is 5.57 Å².